The van der Waals surface area contributed by atoms with Crippen molar-refractivity contribution in [3.63, 3.8) is 0 Å². The Balaban J connectivity index is 1.53. The molecule has 0 spiro atoms. The van der Waals surface area contributed by atoms with Gasteiger partial charge >= 0.3 is 0 Å². The molecule has 0 N–H and O–H groups in total. The van der Waals surface area contributed by atoms with Gasteiger partial charge in [0.15, 0.2) is 0 Å². The van der Waals surface area contributed by atoms with Crippen molar-refractivity contribution in [2.75, 3.05) is 0 Å². The van der Waals surface area contributed by atoms with E-state index in [1.54, 1.807) is 12.1 Å². The van der Waals surface area contributed by atoms with Crippen molar-refractivity contribution < 1.29 is 8.78 Å². The van der Waals surface area contributed by atoms with Crippen LogP contribution in [0.3, 0.4) is 0 Å². The molecule has 2 saturated carbocycles. The Hall–Kier alpha value is -1.70. The lowest BCUT2D eigenvalue weighted by molar-refractivity contribution is 0.116. The maximum Gasteiger partial charge on any atom is 0.134 e. The van der Waals surface area contributed by atoms with Crippen molar-refractivity contribution >= 4 is 0 Å². The van der Waals surface area contributed by atoms with Crippen LogP contribution in [0.4, 0.5) is 8.78 Å². The van der Waals surface area contributed by atoms with E-state index >= 15 is 0 Å². The van der Waals surface area contributed by atoms with Gasteiger partial charge in [0.05, 0.1) is 5.56 Å². The number of halogens is 2. The molecule has 0 aromatic heterocycles. The van der Waals surface area contributed by atoms with Crippen LogP contribution in [0.2, 0.25) is 0 Å². The predicted octanol–water partition coefficient (Wildman–Crippen LogP) is 7.90. The SMILES string of the molecule is CCc1ccc(-c2c(F)cc([C@@H]3CC[C@@H]4CC(CC)CC[C@@H]4C3)cc2F)cc1. The van der Waals surface area contributed by atoms with Crippen LogP contribution in [0.25, 0.3) is 11.1 Å². The Bertz CT molecular complexity index is 785. The summed E-state index contributed by atoms with van der Waals surface area (Å²) in [5.41, 5.74) is 2.78. The molecule has 2 aromatic carbocycles. The highest BCUT2D eigenvalue weighted by Gasteiger charge is 2.35. The molecule has 4 rings (SSSR count). The van der Waals surface area contributed by atoms with Crippen molar-refractivity contribution in [1.29, 1.82) is 0 Å². The molecule has 0 saturated heterocycles. The third kappa shape index (κ3) is 3.88. The van der Waals surface area contributed by atoms with Gasteiger partial charge in [-0.25, -0.2) is 8.78 Å². The third-order valence-corrected chi connectivity index (χ3v) is 7.49. The van der Waals surface area contributed by atoms with E-state index in [-0.39, 0.29) is 5.56 Å². The Morgan fingerprint density at radius 2 is 1.46 bits per heavy atom. The maximum atomic E-state index is 14.9. The van der Waals surface area contributed by atoms with E-state index in [0.717, 1.165) is 42.6 Å². The lowest BCUT2D eigenvalue weighted by Crippen LogP contribution is -2.30. The topological polar surface area (TPSA) is 0 Å². The molecule has 150 valence electrons. The van der Waals surface area contributed by atoms with Gasteiger partial charge in [0.2, 0.25) is 0 Å². The number of benzene rings is 2. The molecule has 2 fully saturated rings. The van der Waals surface area contributed by atoms with Crippen LogP contribution in [0.15, 0.2) is 36.4 Å². The van der Waals surface area contributed by atoms with Crippen LogP contribution < -0.4 is 0 Å². The first-order chi connectivity index (χ1) is 13.6. The molecule has 2 aliphatic carbocycles. The first-order valence-electron chi connectivity index (χ1n) is 11.2. The second-order valence-corrected chi connectivity index (χ2v) is 9.03. The molecule has 0 aliphatic heterocycles. The van der Waals surface area contributed by atoms with Crippen molar-refractivity contribution in [3.8, 4) is 11.1 Å². The first-order valence-corrected chi connectivity index (χ1v) is 11.2. The molecule has 0 radical (unpaired) electrons. The summed E-state index contributed by atoms with van der Waals surface area (Å²) in [6.07, 6.45) is 9.60. The Labute approximate surface area is 168 Å². The highest BCUT2D eigenvalue weighted by atomic mass is 19.1. The highest BCUT2D eigenvalue weighted by Crippen LogP contribution is 2.48. The van der Waals surface area contributed by atoms with Crippen molar-refractivity contribution in [1.82, 2.24) is 0 Å². The molecule has 0 nitrogen and oxygen atoms in total. The number of hydrogen-bond donors (Lipinski definition) is 0. The Morgan fingerprint density at radius 3 is 2.11 bits per heavy atom. The van der Waals surface area contributed by atoms with Crippen LogP contribution in [-0.4, -0.2) is 0 Å². The van der Waals surface area contributed by atoms with Gasteiger partial charge in [0, 0.05) is 0 Å². The van der Waals surface area contributed by atoms with Gasteiger partial charge < -0.3 is 0 Å². The third-order valence-electron chi connectivity index (χ3n) is 7.49. The summed E-state index contributed by atoms with van der Waals surface area (Å²) in [7, 11) is 0. The van der Waals surface area contributed by atoms with Gasteiger partial charge in [-0.1, -0.05) is 51.0 Å². The zero-order valence-electron chi connectivity index (χ0n) is 17.2. The lowest BCUT2D eigenvalue weighted by Gasteiger charge is -2.42. The number of aryl methyl sites for hydroxylation is 1. The fourth-order valence-electron chi connectivity index (χ4n) is 5.67. The standard InChI is InChI=1S/C26H32F2/c1-3-17-5-8-19(9-6-17)26-24(27)15-23(16-25(26)28)22-12-11-20-13-18(4-2)7-10-21(20)14-22/h5-6,8-9,15-16,18,20-22H,3-4,7,10-14H2,1-2H3/t18?,20-,21-,22-/m1/s1. The van der Waals surface area contributed by atoms with E-state index in [0.29, 0.717) is 11.5 Å². The average molecular weight is 383 g/mol. The van der Waals surface area contributed by atoms with Gasteiger partial charge in [-0.05, 0) is 91.0 Å². The zero-order valence-corrected chi connectivity index (χ0v) is 17.2. The maximum absolute atomic E-state index is 14.9. The molecule has 2 aromatic rings. The summed E-state index contributed by atoms with van der Waals surface area (Å²) < 4.78 is 29.8. The predicted molar refractivity (Wildman–Crippen MR) is 112 cm³/mol. The van der Waals surface area contributed by atoms with Gasteiger partial charge in [0.25, 0.3) is 0 Å². The summed E-state index contributed by atoms with van der Waals surface area (Å²) in [4.78, 5) is 0. The minimum atomic E-state index is -0.420. The average Bonchev–Trinajstić information content (AvgIpc) is 2.73. The van der Waals surface area contributed by atoms with E-state index in [1.807, 2.05) is 24.3 Å². The molecule has 28 heavy (non-hydrogen) atoms. The van der Waals surface area contributed by atoms with Crippen molar-refractivity contribution in [3.05, 3.63) is 59.2 Å². The molecule has 0 heterocycles. The molecule has 2 aliphatic rings. The monoisotopic (exact) mass is 382 g/mol. The van der Waals surface area contributed by atoms with E-state index in [4.69, 9.17) is 0 Å². The lowest BCUT2D eigenvalue weighted by atomic mass is 9.63. The molecular weight excluding hydrogens is 350 g/mol. The summed E-state index contributed by atoms with van der Waals surface area (Å²) in [5, 5.41) is 0. The summed E-state index contributed by atoms with van der Waals surface area (Å²) in [6, 6.07) is 10.8. The minimum absolute atomic E-state index is 0.114. The van der Waals surface area contributed by atoms with Gasteiger partial charge in [-0.3, -0.25) is 0 Å². The fraction of sp³-hybridized carbons (Fsp3) is 0.538. The quantitative estimate of drug-likeness (QED) is 0.504. The van der Waals surface area contributed by atoms with Gasteiger partial charge in [0.1, 0.15) is 11.6 Å². The van der Waals surface area contributed by atoms with Crippen LogP contribution in [0, 0.1) is 29.4 Å². The summed E-state index contributed by atoms with van der Waals surface area (Å²) in [5.74, 6) is 1.94. The number of rotatable bonds is 4. The highest BCUT2D eigenvalue weighted by molar-refractivity contribution is 5.65. The Kier molecular flexibility index (Phi) is 5.85. The normalized spacial score (nSPS) is 27.4. The fourth-order valence-corrected chi connectivity index (χ4v) is 5.67. The minimum Gasteiger partial charge on any atom is -0.206 e. The van der Waals surface area contributed by atoms with Crippen LogP contribution in [0.1, 0.15) is 75.8 Å². The molecule has 1 unspecified atom stereocenters. The van der Waals surface area contributed by atoms with E-state index in [9.17, 15) is 8.78 Å². The molecular formula is C26H32F2. The summed E-state index contributed by atoms with van der Waals surface area (Å²) >= 11 is 0. The van der Waals surface area contributed by atoms with Gasteiger partial charge in [-0.15, -0.1) is 0 Å². The van der Waals surface area contributed by atoms with E-state index < -0.39 is 11.6 Å². The number of fused-ring (bicyclic) bond motifs is 1. The molecule has 0 bridgehead atoms. The van der Waals surface area contributed by atoms with Gasteiger partial charge in [-0.2, -0.15) is 0 Å². The summed E-state index contributed by atoms with van der Waals surface area (Å²) in [6.45, 7) is 4.38. The molecule has 4 atom stereocenters. The largest absolute Gasteiger partial charge is 0.206 e. The van der Waals surface area contributed by atoms with Crippen LogP contribution in [-0.2, 0) is 6.42 Å². The Morgan fingerprint density at radius 1 is 0.821 bits per heavy atom. The van der Waals surface area contributed by atoms with Crippen LogP contribution in [0.5, 0.6) is 0 Å². The van der Waals surface area contributed by atoms with E-state index in [1.165, 1.54) is 37.7 Å². The van der Waals surface area contributed by atoms with E-state index in [2.05, 4.69) is 13.8 Å². The first kappa shape index (κ1) is 19.6. The molecule has 0 amide bonds. The van der Waals surface area contributed by atoms with Crippen molar-refractivity contribution in [2.45, 2.75) is 71.1 Å². The van der Waals surface area contributed by atoms with Crippen molar-refractivity contribution in [2.24, 2.45) is 17.8 Å². The molecule has 2 heteroatoms. The van der Waals surface area contributed by atoms with Crippen LogP contribution >= 0.6 is 0 Å². The second-order valence-electron chi connectivity index (χ2n) is 9.03. The number of hydrogen-bond acceptors (Lipinski definition) is 0. The smallest absolute Gasteiger partial charge is 0.134 e. The second kappa shape index (κ2) is 8.35. The zero-order chi connectivity index (χ0) is 19.7.